The highest BCUT2D eigenvalue weighted by Crippen LogP contribution is 2.29. The molecule has 0 amide bonds. The summed E-state index contributed by atoms with van der Waals surface area (Å²) >= 11 is 0. The van der Waals surface area contributed by atoms with Gasteiger partial charge in [0.2, 0.25) is 0 Å². The van der Waals surface area contributed by atoms with E-state index in [2.05, 4.69) is 57.5 Å². The van der Waals surface area contributed by atoms with E-state index in [0.717, 1.165) is 39.9 Å². The Balaban J connectivity index is 1.88. The first-order valence-corrected chi connectivity index (χ1v) is 7.43. The summed E-state index contributed by atoms with van der Waals surface area (Å²) in [4.78, 5) is 12.3. The molecule has 4 nitrogen and oxygen atoms in total. The summed E-state index contributed by atoms with van der Waals surface area (Å²) in [6.07, 6.45) is 2.59. The number of aromatic amines is 1. The van der Waals surface area contributed by atoms with Gasteiger partial charge in [-0.05, 0) is 24.1 Å². The first kappa shape index (κ1) is 12.8. The van der Waals surface area contributed by atoms with E-state index in [4.69, 9.17) is 0 Å². The van der Waals surface area contributed by atoms with Crippen LogP contribution in [0.15, 0.2) is 54.9 Å². The van der Waals surface area contributed by atoms with Crippen LogP contribution >= 0.6 is 0 Å². The van der Waals surface area contributed by atoms with Crippen LogP contribution in [-0.2, 0) is 6.42 Å². The van der Waals surface area contributed by atoms with Crippen molar-refractivity contribution in [2.24, 2.45) is 0 Å². The van der Waals surface area contributed by atoms with Crippen LogP contribution in [0.5, 0.6) is 0 Å². The summed E-state index contributed by atoms with van der Waals surface area (Å²) in [6, 6.07) is 16.5. The van der Waals surface area contributed by atoms with Crippen molar-refractivity contribution in [3.05, 3.63) is 60.4 Å². The normalized spacial score (nSPS) is 11.1. The summed E-state index contributed by atoms with van der Waals surface area (Å²) in [7, 11) is 0. The van der Waals surface area contributed by atoms with Gasteiger partial charge in [-0.15, -0.1) is 0 Å². The van der Waals surface area contributed by atoms with Gasteiger partial charge in [-0.3, -0.25) is 0 Å². The number of aryl methyl sites for hydroxylation is 1. The van der Waals surface area contributed by atoms with E-state index in [9.17, 15) is 0 Å². The Kier molecular flexibility index (Phi) is 3.00. The van der Waals surface area contributed by atoms with E-state index in [1.165, 1.54) is 5.56 Å². The van der Waals surface area contributed by atoms with Gasteiger partial charge in [0.1, 0.15) is 17.4 Å². The first-order chi connectivity index (χ1) is 10.9. The molecule has 0 fully saturated rings. The molecule has 2 aromatic heterocycles. The van der Waals surface area contributed by atoms with Gasteiger partial charge in [0.15, 0.2) is 5.82 Å². The molecule has 4 heteroatoms. The molecule has 0 aliphatic rings. The molecular formula is C18H16N4. The van der Waals surface area contributed by atoms with E-state index in [1.807, 2.05) is 18.2 Å². The average molecular weight is 288 g/mol. The smallest absolute Gasteiger partial charge is 0.158 e. The van der Waals surface area contributed by atoms with Gasteiger partial charge in [0.25, 0.3) is 0 Å². The van der Waals surface area contributed by atoms with Crippen LogP contribution in [0.2, 0.25) is 0 Å². The third-order valence-corrected chi connectivity index (χ3v) is 3.94. The standard InChI is InChI=1S/C18H16N4/c1-2-12-7-3-5-9-14(12)22-18-17-16(19-11-20-18)13-8-4-6-10-15(13)21-17/h3-11,21H,2H2,1H3,(H,19,20,22). The molecule has 2 heterocycles. The fraction of sp³-hybridized carbons (Fsp3) is 0.111. The fourth-order valence-corrected chi connectivity index (χ4v) is 2.81. The van der Waals surface area contributed by atoms with Crippen molar-refractivity contribution in [3.63, 3.8) is 0 Å². The number of H-pyrrole nitrogens is 1. The van der Waals surface area contributed by atoms with Gasteiger partial charge in [-0.2, -0.15) is 0 Å². The van der Waals surface area contributed by atoms with Crippen LogP contribution in [0.1, 0.15) is 12.5 Å². The van der Waals surface area contributed by atoms with Crippen LogP contribution in [0.25, 0.3) is 21.9 Å². The molecule has 0 unspecified atom stereocenters. The maximum atomic E-state index is 4.43. The van der Waals surface area contributed by atoms with E-state index in [-0.39, 0.29) is 0 Å². The van der Waals surface area contributed by atoms with Crippen molar-refractivity contribution in [2.75, 3.05) is 5.32 Å². The minimum Gasteiger partial charge on any atom is -0.350 e. The number of nitrogens with one attached hydrogen (secondary N) is 2. The van der Waals surface area contributed by atoms with E-state index in [1.54, 1.807) is 6.33 Å². The lowest BCUT2D eigenvalue weighted by molar-refractivity contribution is 1.13. The van der Waals surface area contributed by atoms with Crippen molar-refractivity contribution in [1.82, 2.24) is 15.0 Å². The number of hydrogen-bond donors (Lipinski definition) is 2. The number of fused-ring (bicyclic) bond motifs is 3. The number of hydrogen-bond acceptors (Lipinski definition) is 3. The number of nitrogens with zero attached hydrogens (tertiary/aromatic N) is 2. The highest BCUT2D eigenvalue weighted by atomic mass is 15.0. The van der Waals surface area contributed by atoms with Crippen LogP contribution in [0.4, 0.5) is 11.5 Å². The van der Waals surface area contributed by atoms with Crippen molar-refractivity contribution >= 4 is 33.4 Å². The number of para-hydroxylation sites is 2. The summed E-state index contributed by atoms with van der Waals surface area (Å²) in [5, 5.41) is 4.56. The largest absolute Gasteiger partial charge is 0.350 e. The summed E-state index contributed by atoms with van der Waals surface area (Å²) in [5.74, 6) is 0.808. The molecule has 0 radical (unpaired) electrons. The lowest BCUT2D eigenvalue weighted by Crippen LogP contribution is -1.98. The molecule has 22 heavy (non-hydrogen) atoms. The summed E-state index contributed by atoms with van der Waals surface area (Å²) in [6.45, 7) is 2.15. The molecule has 108 valence electrons. The van der Waals surface area contributed by atoms with Crippen LogP contribution in [0, 0.1) is 0 Å². The van der Waals surface area contributed by atoms with Crippen LogP contribution in [0.3, 0.4) is 0 Å². The van der Waals surface area contributed by atoms with Gasteiger partial charge in [-0.1, -0.05) is 43.3 Å². The number of rotatable bonds is 3. The van der Waals surface area contributed by atoms with Gasteiger partial charge in [-0.25, -0.2) is 9.97 Å². The van der Waals surface area contributed by atoms with Crippen LogP contribution in [-0.4, -0.2) is 15.0 Å². The second-order valence-corrected chi connectivity index (χ2v) is 5.25. The van der Waals surface area contributed by atoms with Crippen molar-refractivity contribution in [3.8, 4) is 0 Å². The first-order valence-electron chi connectivity index (χ1n) is 7.43. The second kappa shape index (κ2) is 5.15. The zero-order chi connectivity index (χ0) is 14.9. The number of aromatic nitrogens is 3. The van der Waals surface area contributed by atoms with E-state index in [0.29, 0.717) is 0 Å². The lowest BCUT2D eigenvalue weighted by atomic mass is 10.1. The minimum absolute atomic E-state index is 0.808. The third-order valence-electron chi connectivity index (χ3n) is 3.94. The summed E-state index contributed by atoms with van der Waals surface area (Å²) < 4.78 is 0. The van der Waals surface area contributed by atoms with E-state index < -0.39 is 0 Å². The molecule has 0 atom stereocenters. The Labute approximate surface area is 128 Å². The molecular weight excluding hydrogens is 272 g/mol. The Bertz CT molecular complexity index is 956. The highest BCUT2D eigenvalue weighted by Gasteiger charge is 2.11. The number of benzene rings is 2. The maximum Gasteiger partial charge on any atom is 0.158 e. The fourth-order valence-electron chi connectivity index (χ4n) is 2.81. The third kappa shape index (κ3) is 2.00. The van der Waals surface area contributed by atoms with Crippen molar-refractivity contribution in [1.29, 1.82) is 0 Å². The molecule has 2 N–H and O–H groups in total. The second-order valence-electron chi connectivity index (χ2n) is 5.25. The molecule has 0 spiro atoms. The monoisotopic (exact) mass is 288 g/mol. The maximum absolute atomic E-state index is 4.43. The predicted molar refractivity (Wildman–Crippen MR) is 90.5 cm³/mol. The predicted octanol–water partition coefficient (Wildman–Crippen LogP) is 4.42. The van der Waals surface area contributed by atoms with E-state index >= 15 is 0 Å². The Hall–Kier alpha value is -2.88. The molecule has 0 bridgehead atoms. The number of anilines is 2. The van der Waals surface area contributed by atoms with Crippen LogP contribution < -0.4 is 5.32 Å². The van der Waals surface area contributed by atoms with Gasteiger partial charge in [0.05, 0.1) is 0 Å². The molecule has 2 aromatic carbocycles. The lowest BCUT2D eigenvalue weighted by Gasteiger charge is -2.10. The average Bonchev–Trinajstić information content (AvgIpc) is 2.95. The topological polar surface area (TPSA) is 53.6 Å². The Morgan fingerprint density at radius 2 is 1.82 bits per heavy atom. The molecule has 4 aromatic rings. The minimum atomic E-state index is 0.808. The zero-order valence-corrected chi connectivity index (χ0v) is 12.3. The van der Waals surface area contributed by atoms with Gasteiger partial charge in [0, 0.05) is 16.6 Å². The SMILES string of the molecule is CCc1ccccc1Nc1ncnc2c1[nH]c1ccccc12. The quantitative estimate of drug-likeness (QED) is 0.587. The van der Waals surface area contributed by atoms with Gasteiger partial charge >= 0.3 is 0 Å². The zero-order valence-electron chi connectivity index (χ0n) is 12.3. The molecule has 4 rings (SSSR count). The van der Waals surface area contributed by atoms with Crippen molar-refractivity contribution < 1.29 is 0 Å². The molecule has 0 aliphatic heterocycles. The van der Waals surface area contributed by atoms with Crippen molar-refractivity contribution in [2.45, 2.75) is 13.3 Å². The Morgan fingerprint density at radius 3 is 2.73 bits per heavy atom. The highest BCUT2D eigenvalue weighted by molar-refractivity contribution is 6.08. The molecule has 0 aliphatic carbocycles. The molecule has 0 saturated heterocycles. The summed E-state index contributed by atoms with van der Waals surface area (Å²) in [5.41, 5.74) is 5.32. The van der Waals surface area contributed by atoms with Gasteiger partial charge < -0.3 is 10.3 Å². The Morgan fingerprint density at radius 1 is 1.00 bits per heavy atom. The molecule has 0 saturated carbocycles.